The molecule has 1 aliphatic heterocycles. The Labute approximate surface area is 100 Å². The number of carbonyl (C=O) groups is 1. The minimum absolute atomic E-state index is 0.0909. The first-order chi connectivity index (χ1) is 8.18. The van der Waals surface area contributed by atoms with Crippen molar-refractivity contribution in [1.82, 2.24) is 14.5 Å². The van der Waals surface area contributed by atoms with Crippen LogP contribution >= 0.6 is 0 Å². The highest BCUT2D eigenvalue weighted by Crippen LogP contribution is 2.09. The van der Waals surface area contributed by atoms with Crippen LogP contribution < -0.4 is 5.73 Å². The van der Waals surface area contributed by atoms with E-state index in [2.05, 4.69) is 4.98 Å². The van der Waals surface area contributed by atoms with E-state index < -0.39 is 0 Å². The van der Waals surface area contributed by atoms with Crippen molar-refractivity contribution in [2.45, 2.75) is 19.5 Å². The molecule has 6 nitrogen and oxygen atoms in total. The van der Waals surface area contributed by atoms with Gasteiger partial charge in [0.1, 0.15) is 6.54 Å². The Bertz CT molecular complexity index is 383. The van der Waals surface area contributed by atoms with E-state index in [0.717, 1.165) is 5.69 Å². The number of imidazole rings is 1. The van der Waals surface area contributed by atoms with Gasteiger partial charge in [-0.25, -0.2) is 4.98 Å². The molecule has 1 aromatic heterocycles. The maximum atomic E-state index is 12.0. The van der Waals surface area contributed by atoms with Crippen LogP contribution in [0.3, 0.4) is 0 Å². The van der Waals surface area contributed by atoms with Crippen LogP contribution in [-0.2, 0) is 16.1 Å². The van der Waals surface area contributed by atoms with Crippen LogP contribution in [0.1, 0.15) is 18.7 Å². The third-order valence-electron chi connectivity index (χ3n) is 2.88. The molecule has 2 heterocycles. The molecule has 1 aromatic rings. The summed E-state index contributed by atoms with van der Waals surface area (Å²) in [5.74, 6) is 0.0909. The van der Waals surface area contributed by atoms with Gasteiger partial charge in [-0.2, -0.15) is 0 Å². The second-order valence-corrected chi connectivity index (χ2v) is 4.23. The van der Waals surface area contributed by atoms with Crippen LogP contribution in [0.15, 0.2) is 12.5 Å². The van der Waals surface area contributed by atoms with Gasteiger partial charge >= 0.3 is 0 Å². The third-order valence-corrected chi connectivity index (χ3v) is 2.88. The van der Waals surface area contributed by atoms with Gasteiger partial charge in [0.2, 0.25) is 5.91 Å². The van der Waals surface area contributed by atoms with E-state index in [9.17, 15) is 4.79 Å². The average molecular weight is 238 g/mol. The minimum atomic E-state index is -0.116. The number of rotatable bonds is 3. The highest BCUT2D eigenvalue weighted by atomic mass is 16.5. The first kappa shape index (κ1) is 12.1. The number of hydrogen-bond acceptors (Lipinski definition) is 4. The molecule has 94 valence electrons. The van der Waals surface area contributed by atoms with E-state index in [-0.39, 0.29) is 11.9 Å². The average Bonchev–Trinajstić information content (AvgIpc) is 2.78. The van der Waals surface area contributed by atoms with Gasteiger partial charge in [0.05, 0.1) is 25.2 Å². The molecule has 0 radical (unpaired) electrons. The number of nitrogens with two attached hydrogens (primary N) is 1. The molecule has 0 aliphatic carbocycles. The van der Waals surface area contributed by atoms with Crippen molar-refractivity contribution in [3.05, 3.63) is 18.2 Å². The molecule has 1 fully saturated rings. The summed E-state index contributed by atoms with van der Waals surface area (Å²) in [6, 6.07) is -0.116. The molecule has 1 saturated heterocycles. The molecule has 0 saturated carbocycles. The summed E-state index contributed by atoms with van der Waals surface area (Å²) < 4.78 is 7.02. The monoisotopic (exact) mass is 238 g/mol. The van der Waals surface area contributed by atoms with Gasteiger partial charge in [0.15, 0.2) is 0 Å². The van der Waals surface area contributed by atoms with Gasteiger partial charge in [-0.15, -0.1) is 0 Å². The zero-order valence-electron chi connectivity index (χ0n) is 10.0. The molecular weight excluding hydrogens is 220 g/mol. The normalized spacial score (nSPS) is 18.1. The molecule has 17 heavy (non-hydrogen) atoms. The molecule has 0 bridgehead atoms. The summed E-state index contributed by atoms with van der Waals surface area (Å²) in [5.41, 5.74) is 6.69. The van der Waals surface area contributed by atoms with Gasteiger partial charge in [-0.05, 0) is 6.92 Å². The molecular formula is C11H18N4O2. The Morgan fingerprint density at radius 1 is 1.59 bits per heavy atom. The summed E-state index contributed by atoms with van der Waals surface area (Å²) in [4.78, 5) is 17.9. The Balaban J connectivity index is 1.99. The van der Waals surface area contributed by atoms with Crippen LogP contribution in [0.5, 0.6) is 0 Å². The predicted octanol–water partition coefficient (Wildman–Crippen LogP) is -0.238. The summed E-state index contributed by atoms with van der Waals surface area (Å²) in [6.07, 6.45) is 3.36. The van der Waals surface area contributed by atoms with Crippen molar-refractivity contribution in [2.24, 2.45) is 5.73 Å². The largest absolute Gasteiger partial charge is 0.378 e. The summed E-state index contributed by atoms with van der Waals surface area (Å²) >= 11 is 0. The van der Waals surface area contributed by atoms with Crippen molar-refractivity contribution < 1.29 is 9.53 Å². The Kier molecular flexibility index (Phi) is 3.75. The van der Waals surface area contributed by atoms with E-state index in [1.807, 2.05) is 16.4 Å². The lowest BCUT2D eigenvalue weighted by molar-refractivity contribution is -0.135. The lowest BCUT2D eigenvalue weighted by Gasteiger charge is -2.27. The second kappa shape index (κ2) is 5.29. The molecule has 2 rings (SSSR count). The fourth-order valence-corrected chi connectivity index (χ4v) is 1.90. The number of amides is 1. The number of ether oxygens (including phenoxy) is 1. The molecule has 1 atom stereocenters. The van der Waals surface area contributed by atoms with Crippen LogP contribution in [0.4, 0.5) is 0 Å². The molecule has 1 aliphatic rings. The van der Waals surface area contributed by atoms with E-state index in [0.29, 0.717) is 32.8 Å². The quantitative estimate of drug-likeness (QED) is 0.789. The third kappa shape index (κ3) is 2.83. The van der Waals surface area contributed by atoms with E-state index in [1.165, 1.54) is 0 Å². The molecule has 0 unspecified atom stereocenters. The van der Waals surface area contributed by atoms with E-state index >= 15 is 0 Å². The molecule has 0 aromatic carbocycles. The first-order valence-corrected chi connectivity index (χ1v) is 5.79. The number of aromatic nitrogens is 2. The Hall–Kier alpha value is -1.40. The van der Waals surface area contributed by atoms with Crippen molar-refractivity contribution in [3.8, 4) is 0 Å². The summed E-state index contributed by atoms with van der Waals surface area (Å²) in [5, 5.41) is 0. The van der Waals surface area contributed by atoms with Gasteiger partial charge in [-0.1, -0.05) is 0 Å². The fraction of sp³-hybridized carbons (Fsp3) is 0.636. The SMILES string of the molecule is C[C@@H](N)c1cncn1CC(=O)N1CCOCC1. The van der Waals surface area contributed by atoms with Gasteiger partial charge in [0.25, 0.3) is 0 Å². The van der Waals surface area contributed by atoms with E-state index in [4.69, 9.17) is 10.5 Å². The second-order valence-electron chi connectivity index (χ2n) is 4.23. The topological polar surface area (TPSA) is 73.4 Å². The van der Waals surface area contributed by atoms with E-state index in [1.54, 1.807) is 12.5 Å². The van der Waals surface area contributed by atoms with Crippen LogP contribution in [0.25, 0.3) is 0 Å². The number of carbonyl (C=O) groups excluding carboxylic acids is 1. The number of nitrogens with zero attached hydrogens (tertiary/aromatic N) is 3. The fourth-order valence-electron chi connectivity index (χ4n) is 1.90. The summed E-state index contributed by atoms with van der Waals surface area (Å²) in [7, 11) is 0. The van der Waals surface area contributed by atoms with Crippen molar-refractivity contribution in [2.75, 3.05) is 26.3 Å². The zero-order chi connectivity index (χ0) is 12.3. The highest BCUT2D eigenvalue weighted by molar-refractivity contribution is 5.76. The smallest absolute Gasteiger partial charge is 0.242 e. The van der Waals surface area contributed by atoms with Gasteiger partial charge in [0, 0.05) is 25.3 Å². The predicted molar refractivity (Wildman–Crippen MR) is 62.2 cm³/mol. The Morgan fingerprint density at radius 3 is 2.94 bits per heavy atom. The lowest BCUT2D eigenvalue weighted by Crippen LogP contribution is -2.42. The molecule has 6 heteroatoms. The zero-order valence-corrected chi connectivity index (χ0v) is 10.0. The Morgan fingerprint density at radius 2 is 2.29 bits per heavy atom. The maximum absolute atomic E-state index is 12.0. The number of hydrogen-bond donors (Lipinski definition) is 1. The van der Waals surface area contributed by atoms with Crippen LogP contribution in [0.2, 0.25) is 0 Å². The van der Waals surface area contributed by atoms with Crippen LogP contribution in [0, 0.1) is 0 Å². The summed E-state index contributed by atoms with van der Waals surface area (Å²) in [6.45, 7) is 4.76. The van der Waals surface area contributed by atoms with Gasteiger partial charge < -0.3 is 19.9 Å². The minimum Gasteiger partial charge on any atom is -0.378 e. The van der Waals surface area contributed by atoms with Crippen molar-refractivity contribution >= 4 is 5.91 Å². The van der Waals surface area contributed by atoms with Crippen molar-refractivity contribution in [3.63, 3.8) is 0 Å². The maximum Gasteiger partial charge on any atom is 0.242 e. The van der Waals surface area contributed by atoms with Crippen LogP contribution in [-0.4, -0.2) is 46.7 Å². The molecule has 0 spiro atoms. The number of morpholine rings is 1. The van der Waals surface area contributed by atoms with Gasteiger partial charge in [-0.3, -0.25) is 4.79 Å². The molecule has 2 N–H and O–H groups in total. The standard InChI is InChI=1S/C11H18N4O2/c1-9(12)10-6-13-8-15(10)7-11(16)14-2-4-17-5-3-14/h6,8-9H,2-5,7,12H2,1H3/t9-/m1/s1. The first-order valence-electron chi connectivity index (χ1n) is 5.79. The molecule has 1 amide bonds. The lowest BCUT2D eigenvalue weighted by atomic mass is 10.2. The van der Waals surface area contributed by atoms with Crippen molar-refractivity contribution in [1.29, 1.82) is 0 Å². The highest BCUT2D eigenvalue weighted by Gasteiger charge is 2.18.